The van der Waals surface area contributed by atoms with Gasteiger partial charge in [-0.05, 0) is 49.9 Å². The fraction of sp³-hybridized carbons (Fsp3) is 0.864. The van der Waals surface area contributed by atoms with Gasteiger partial charge in [-0.3, -0.25) is 14.5 Å². The van der Waals surface area contributed by atoms with E-state index < -0.39 is 11.6 Å². The summed E-state index contributed by atoms with van der Waals surface area (Å²) in [6.45, 7) is 8.16. The van der Waals surface area contributed by atoms with E-state index in [0.29, 0.717) is 18.8 Å². The summed E-state index contributed by atoms with van der Waals surface area (Å²) in [6, 6.07) is -0.390. The van der Waals surface area contributed by atoms with Crippen LogP contribution in [0.3, 0.4) is 0 Å². The number of nitrogens with one attached hydrogen (secondary N) is 1. The zero-order valence-corrected chi connectivity index (χ0v) is 17.9. The molecule has 0 atom stereocenters. The highest BCUT2D eigenvalue weighted by molar-refractivity contribution is 6.09. The zero-order chi connectivity index (χ0) is 20.4. The molecule has 2 aliphatic heterocycles. The summed E-state index contributed by atoms with van der Waals surface area (Å²) in [4.78, 5) is 41.5. The maximum atomic E-state index is 13.1. The van der Waals surface area contributed by atoms with Crippen LogP contribution in [0.25, 0.3) is 0 Å². The Labute approximate surface area is 169 Å². The van der Waals surface area contributed by atoms with E-state index in [9.17, 15) is 14.4 Å². The molecular weight excluding hydrogens is 354 g/mol. The predicted octanol–water partition coefficient (Wildman–Crippen LogP) is 3.70. The van der Waals surface area contributed by atoms with E-state index in [1.54, 1.807) is 0 Å². The van der Waals surface area contributed by atoms with Gasteiger partial charge in [-0.1, -0.05) is 46.5 Å². The van der Waals surface area contributed by atoms with E-state index in [-0.39, 0.29) is 23.8 Å². The van der Waals surface area contributed by atoms with E-state index in [0.717, 1.165) is 58.0 Å². The lowest BCUT2D eigenvalue weighted by molar-refractivity contribution is -0.140. The van der Waals surface area contributed by atoms with Gasteiger partial charge in [0.25, 0.3) is 5.91 Å². The highest BCUT2D eigenvalue weighted by Gasteiger charge is 2.53. The first-order chi connectivity index (χ1) is 13.3. The molecule has 4 amide bonds. The van der Waals surface area contributed by atoms with Crippen molar-refractivity contribution in [3.8, 4) is 0 Å². The van der Waals surface area contributed by atoms with Gasteiger partial charge in [-0.25, -0.2) is 4.79 Å². The number of amides is 4. The molecule has 1 aliphatic carbocycles. The van der Waals surface area contributed by atoms with Gasteiger partial charge in [0, 0.05) is 13.1 Å². The molecule has 2 heterocycles. The Hall–Kier alpha value is -1.59. The number of imide groups is 1. The third-order valence-electron chi connectivity index (χ3n) is 7.60. The van der Waals surface area contributed by atoms with Crippen LogP contribution in [0.1, 0.15) is 85.0 Å². The van der Waals surface area contributed by atoms with Crippen molar-refractivity contribution in [2.75, 3.05) is 19.6 Å². The van der Waals surface area contributed by atoms with Crippen molar-refractivity contribution in [3.05, 3.63) is 0 Å². The molecule has 0 aromatic carbocycles. The van der Waals surface area contributed by atoms with E-state index in [4.69, 9.17) is 0 Å². The monoisotopic (exact) mass is 391 g/mol. The first kappa shape index (κ1) is 21.1. The quantitative estimate of drug-likeness (QED) is 0.743. The van der Waals surface area contributed by atoms with Crippen LogP contribution in [0.2, 0.25) is 0 Å². The van der Waals surface area contributed by atoms with Crippen molar-refractivity contribution < 1.29 is 14.4 Å². The second-order valence-corrected chi connectivity index (χ2v) is 9.67. The number of rotatable bonds is 4. The fourth-order valence-corrected chi connectivity index (χ4v) is 5.07. The van der Waals surface area contributed by atoms with E-state index in [1.807, 2.05) is 4.90 Å². The van der Waals surface area contributed by atoms with Crippen LogP contribution in [-0.4, -0.2) is 52.8 Å². The third-order valence-corrected chi connectivity index (χ3v) is 7.60. The maximum absolute atomic E-state index is 13.1. The van der Waals surface area contributed by atoms with Gasteiger partial charge < -0.3 is 10.2 Å². The van der Waals surface area contributed by atoms with Gasteiger partial charge in [0.05, 0.1) is 0 Å². The van der Waals surface area contributed by atoms with Crippen LogP contribution in [-0.2, 0) is 9.59 Å². The highest BCUT2D eigenvalue weighted by atomic mass is 16.2. The van der Waals surface area contributed by atoms with Crippen molar-refractivity contribution in [1.29, 1.82) is 0 Å². The van der Waals surface area contributed by atoms with Crippen LogP contribution >= 0.6 is 0 Å². The van der Waals surface area contributed by atoms with Crippen molar-refractivity contribution in [3.63, 3.8) is 0 Å². The largest absolute Gasteiger partial charge is 0.341 e. The molecule has 0 unspecified atom stereocenters. The molecule has 3 aliphatic rings. The molecule has 6 nitrogen and oxygen atoms in total. The highest BCUT2D eigenvalue weighted by Crippen LogP contribution is 2.45. The Bertz CT molecular complexity index is 600. The van der Waals surface area contributed by atoms with Gasteiger partial charge in [-0.2, -0.15) is 0 Å². The van der Waals surface area contributed by atoms with Crippen molar-refractivity contribution in [2.24, 2.45) is 11.3 Å². The Morgan fingerprint density at radius 1 is 1.07 bits per heavy atom. The molecule has 3 rings (SSSR count). The summed E-state index contributed by atoms with van der Waals surface area (Å²) in [6.07, 6.45) is 9.89. The minimum Gasteiger partial charge on any atom is -0.341 e. The minimum atomic E-state index is -0.784. The van der Waals surface area contributed by atoms with Crippen molar-refractivity contribution in [1.82, 2.24) is 15.1 Å². The standard InChI is InChI=1S/C22H37N3O3/c1-4-21(2,3)17-10-12-22(13-11-17)19(27)25(20(28)23-22)16-18(26)24-14-8-6-5-7-9-15-24/h17H,4-16H2,1-3H3,(H,23,28). The second-order valence-electron chi connectivity index (χ2n) is 9.67. The van der Waals surface area contributed by atoms with Crippen LogP contribution in [0.5, 0.6) is 0 Å². The normalized spacial score (nSPS) is 29.6. The van der Waals surface area contributed by atoms with Crippen molar-refractivity contribution >= 4 is 17.8 Å². The number of carbonyl (C=O) groups excluding carboxylic acids is 3. The molecule has 1 N–H and O–H groups in total. The molecule has 6 heteroatoms. The first-order valence-corrected chi connectivity index (χ1v) is 11.2. The molecule has 0 radical (unpaired) electrons. The summed E-state index contributed by atoms with van der Waals surface area (Å²) in [5.74, 6) is 0.290. The van der Waals surface area contributed by atoms with Crippen LogP contribution in [0.15, 0.2) is 0 Å². The minimum absolute atomic E-state index is 0.0942. The van der Waals surface area contributed by atoms with E-state index in [2.05, 4.69) is 26.1 Å². The van der Waals surface area contributed by atoms with Crippen LogP contribution in [0, 0.1) is 11.3 Å². The Morgan fingerprint density at radius 3 is 2.21 bits per heavy atom. The lowest BCUT2D eigenvalue weighted by atomic mass is 9.65. The molecule has 28 heavy (non-hydrogen) atoms. The Balaban J connectivity index is 1.61. The molecular formula is C22H37N3O3. The van der Waals surface area contributed by atoms with E-state index in [1.165, 1.54) is 11.3 Å². The number of nitrogens with zero attached hydrogens (tertiary/aromatic N) is 2. The molecule has 1 saturated carbocycles. The maximum Gasteiger partial charge on any atom is 0.325 e. The SMILES string of the molecule is CCC(C)(C)C1CCC2(CC1)NC(=O)N(CC(=O)N1CCCCCCC1)C2=O. The smallest absolute Gasteiger partial charge is 0.325 e. The molecule has 0 aromatic heterocycles. The van der Waals surface area contributed by atoms with Crippen LogP contribution in [0.4, 0.5) is 4.79 Å². The van der Waals surface area contributed by atoms with Gasteiger partial charge >= 0.3 is 6.03 Å². The van der Waals surface area contributed by atoms with Gasteiger partial charge in [0.15, 0.2) is 0 Å². The second kappa shape index (κ2) is 8.42. The average molecular weight is 392 g/mol. The van der Waals surface area contributed by atoms with Crippen LogP contribution < -0.4 is 5.32 Å². The molecule has 2 saturated heterocycles. The Kier molecular flexibility index (Phi) is 6.35. The van der Waals surface area contributed by atoms with E-state index >= 15 is 0 Å². The van der Waals surface area contributed by atoms with Gasteiger partial charge in [-0.15, -0.1) is 0 Å². The summed E-state index contributed by atoms with van der Waals surface area (Å²) in [7, 11) is 0. The predicted molar refractivity (Wildman–Crippen MR) is 109 cm³/mol. The lowest BCUT2D eigenvalue weighted by Crippen LogP contribution is -2.51. The zero-order valence-electron chi connectivity index (χ0n) is 17.9. The number of urea groups is 1. The average Bonchev–Trinajstić information content (AvgIpc) is 2.86. The summed E-state index contributed by atoms with van der Waals surface area (Å²) < 4.78 is 0. The van der Waals surface area contributed by atoms with Crippen molar-refractivity contribution in [2.45, 2.75) is 90.5 Å². The molecule has 3 fully saturated rings. The van der Waals surface area contributed by atoms with Gasteiger partial charge in [0.1, 0.15) is 12.1 Å². The number of carbonyl (C=O) groups is 3. The first-order valence-electron chi connectivity index (χ1n) is 11.2. The number of likely N-dealkylation sites (tertiary alicyclic amines) is 1. The molecule has 1 spiro atoms. The van der Waals surface area contributed by atoms with Gasteiger partial charge in [0.2, 0.25) is 5.91 Å². The Morgan fingerprint density at radius 2 is 1.64 bits per heavy atom. The molecule has 158 valence electrons. The lowest BCUT2D eigenvalue weighted by Gasteiger charge is -2.42. The topological polar surface area (TPSA) is 69.7 Å². The summed E-state index contributed by atoms with van der Waals surface area (Å²) >= 11 is 0. The number of hydrogen-bond donors (Lipinski definition) is 1. The number of hydrogen-bond acceptors (Lipinski definition) is 3. The summed E-state index contributed by atoms with van der Waals surface area (Å²) in [5.41, 5.74) is -0.525. The third kappa shape index (κ3) is 4.20. The summed E-state index contributed by atoms with van der Waals surface area (Å²) in [5, 5.41) is 2.96. The fourth-order valence-electron chi connectivity index (χ4n) is 5.07. The molecule has 0 aromatic rings. The molecule has 0 bridgehead atoms.